The third-order valence-electron chi connectivity index (χ3n) is 4.83. The second-order valence-corrected chi connectivity index (χ2v) is 6.44. The normalized spacial score (nSPS) is 16.5. The van der Waals surface area contributed by atoms with Crippen molar-refractivity contribution >= 4 is 16.8 Å². The molecule has 0 saturated carbocycles. The molecule has 0 radical (unpaired) electrons. The van der Waals surface area contributed by atoms with Crippen LogP contribution in [0.3, 0.4) is 0 Å². The number of nitrogens with one attached hydrogen (secondary N) is 2. The van der Waals surface area contributed by atoms with Gasteiger partial charge in [-0.05, 0) is 35.2 Å². The van der Waals surface area contributed by atoms with Gasteiger partial charge < -0.3 is 15.0 Å². The van der Waals surface area contributed by atoms with Gasteiger partial charge in [0.2, 0.25) is 0 Å². The van der Waals surface area contributed by atoms with Crippen molar-refractivity contribution in [2.45, 2.75) is 6.04 Å². The van der Waals surface area contributed by atoms with Crippen molar-refractivity contribution in [2.75, 3.05) is 32.8 Å². The quantitative estimate of drug-likeness (QED) is 0.741. The molecule has 3 aromatic rings. The van der Waals surface area contributed by atoms with Gasteiger partial charge >= 0.3 is 0 Å². The summed E-state index contributed by atoms with van der Waals surface area (Å²) in [6.45, 7) is 3.67. The summed E-state index contributed by atoms with van der Waals surface area (Å²) in [5, 5.41) is 4.19. The van der Waals surface area contributed by atoms with Crippen molar-refractivity contribution in [3.8, 4) is 0 Å². The van der Waals surface area contributed by atoms with Crippen LogP contribution in [0.25, 0.3) is 10.9 Å². The molecule has 1 aromatic carbocycles. The maximum absolute atomic E-state index is 12.6. The first-order chi connectivity index (χ1) is 12.8. The number of pyridine rings is 1. The minimum atomic E-state index is -0.0661. The molecule has 1 aliphatic heterocycles. The molecule has 3 heterocycles. The van der Waals surface area contributed by atoms with E-state index in [1.807, 2.05) is 42.7 Å². The Bertz CT molecular complexity index is 872. The van der Waals surface area contributed by atoms with E-state index >= 15 is 0 Å². The summed E-state index contributed by atoms with van der Waals surface area (Å²) in [7, 11) is 0. The van der Waals surface area contributed by atoms with E-state index in [1.54, 1.807) is 6.20 Å². The maximum atomic E-state index is 12.6. The molecule has 0 aliphatic carbocycles. The Kier molecular flexibility index (Phi) is 4.95. The lowest BCUT2D eigenvalue weighted by molar-refractivity contribution is 0.0161. The minimum absolute atomic E-state index is 0.0661. The Balaban J connectivity index is 1.49. The molecular weight excluding hydrogens is 328 g/mol. The molecule has 1 aliphatic rings. The first-order valence-electron chi connectivity index (χ1n) is 8.88. The zero-order valence-corrected chi connectivity index (χ0v) is 14.5. The van der Waals surface area contributed by atoms with Crippen molar-refractivity contribution < 1.29 is 9.53 Å². The molecule has 1 amide bonds. The van der Waals surface area contributed by atoms with Gasteiger partial charge in [0, 0.05) is 49.3 Å². The lowest BCUT2D eigenvalue weighted by Crippen LogP contribution is -2.43. The largest absolute Gasteiger partial charge is 0.379 e. The van der Waals surface area contributed by atoms with E-state index in [9.17, 15) is 4.79 Å². The third-order valence-corrected chi connectivity index (χ3v) is 4.83. The zero-order valence-electron chi connectivity index (χ0n) is 14.5. The number of carbonyl (C=O) groups excluding carboxylic acids is 1. The van der Waals surface area contributed by atoms with E-state index in [-0.39, 0.29) is 11.9 Å². The molecule has 134 valence electrons. The number of fused-ring (bicyclic) bond motifs is 1. The number of aromatic amines is 1. The SMILES string of the molecule is O=C(NC[C@@H](c1cccnc1)N1CCOCC1)c1ccc2cc[nH]c2c1. The Hall–Kier alpha value is -2.70. The smallest absolute Gasteiger partial charge is 0.251 e. The molecule has 6 nitrogen and oxygen atoms in total. The van der Waals surface area contributed by atoms with Crippen LogP contribution >= 0.6 is 0 Å². The predicted molar refractivity (Wildman–Crippen MR) is 100 cm³/mol. The Labute approximate surface area is 152 Å². The number of ether oxygens (including phenoxy) is 1. The van der Waals surface area contributed by atoms with Crippen LogP contribution in [0.15, 0.2) is 55.0 Å². The van der Waals surface area contributed by atoms with Gasteiger partial charge in [-0.1, -0.05) is 12.1 Å². The summed E-state index contributed by atoms with van der Waals surface area (Å²) in [6.07, 6.45) is 5.52. The highest BCUT2D eigenvalue weighted by atomic mass is 16.5. The van der Waals surface area contributed by atoms with Crippen molar-refractivity contribution in [3.05, 3.63) is 66.1 Å². The van der Waals surface area contributed by atoms with Crippen LogP contribution in [0.2, 0.25) is 0 Å². The molecule has 0 bridgehead atoms. The first kappa shape index (κ1) is 16.8. The number of nitrogens with zero attached hydrogens (tertiary/aromatic N) is 2. The fourth-order valence-electron chi connectivity index (χ4n) is 3.40. The van der Waals surface area contributed by atoms with Crippen LogP contribution in [0.4, 0.5) is 0 Å². The number of amides is 1. The van der Waals surface area contributed by atoms with E-state index in [1.165, 1.54) is 0 Å². The molecule has 4 rings (SSSR count). The predicted octanol–water partition coefficient (Wildman–Crippen LogP) is 2.37. The summed E-state index contributed by atoms with van der Waals surface area (Å²) in [4.78, 5) is 22.4. The molecule has 6 heteroatoms. The number of hydrogen-bond acceptors (Lipinski definition) is 4. The number of carbonyl (C=O) groups is 1. The summed E-state index contributed by atoms with van der Waals surface area (Å²) >= 11 is 0. The van der Waals surface area contributed by atoms with Gasteiger partial charge in [0.1, 0.15) is 0 Å². The van der Waals surface area contributed by atoms with E-state index < -0.39 is 0 Å². The molecule has 2 N–H and O–H groups in total. The van der Waals surface area contributed by atoms with Crippen molar-refractivity contribution in [1.29, 1.82) is 0 Å². The van der Waals surface area contributed by atoms with Crippen LogP contribution in [-0.4, -0.2) is 53.6 Å². The topological polar surface area (TPSA) is 70.2 Å². The number of morpholine rings is 1. The fraction of sp³-hybridized carbons (Fsp3) is 0.300. The summed E-state index contributed by atoms with van der Waals surface area (Å²) in [5.74, 6) is -0.0661. The summed E-state index contributed by atoms with van der Waals surface area (Å²) in [5.41, 5.74) is 2.73. The molecule has 1 saturated heterocycles. The third kappa shape index (κ3) is 3.61. The van der Waals surface area contributed by atoms with E-state index in [0.717, 1.165) is 29.6 Å². The second-order valence-electron chi connectivity index (χ2n) is 6.44. The van der Waals surface area contributed by atoms with Crippen LogP contribution in [0.5, 0.6) is 0 Å². The zero-order chi connectivity index (χ0) is 17.8. The molecule has 1 fully saturated rings. The molecule has 0 unspecified atom stereocenters. The highest BCUT2D eigenvalue weighted by Gasteiger charge is 2.23. The average Bonchev–Trinajstić information content (AvgIpc) is 3.17. The van der Waals surface area contributed by atoms with E-state index in [4.69, 9.17) is 4.74 Å². The van der Waals surface area contributed by atoms with Gasteiger partial charge in [-0.25, -0.2) is 0 Å². The molecule has 2 aromatic heterocycles. The maximum Gasteiger partial charge on any atom is 0.251 e. The monoisotopic (exact) mass is 350 g/mol. The number of benzene rings is 1. The number of rotatable bonds is 5. The summed E-state index contributed by atoms with van der Waals surface area (Å²) < 4.78 is 5.47. The average molecular weight is 350 g/mol. The molecule has 26 heavy (non-hydrogen) atoms. The minimum Gasteiger partial charge on any atom is -0.379 e. The number of H-pyrrole nitrogens is 1. The van der Waals surface area contributed by atoms with E-state index in [0.29, 0.717) is 25.3 Å². The highest BCUT2D eigenvalue weighted by molar-refractivity contribution is 5.97. The van der Waals surface area contributed by atoms with Crippen molar-refractivity contribution in [2.24, 2.45) is 0 Å². The Morgan fingerprint density at radius 3 is 2.96 bits per heavy atom. The van der Waals surface area contributed by atoms with Gasteiger partial charge in [0.15, 0.2) is 0 Å². The van der Waals surface area contributed by atoms with Gasteiger partial charge in [0.05, 0.1) is 19.3 Å². The lowest BCUT2D eigenvalue weighted by Gasteiger charge is -2.34. The Morgan fingerprint density at radius 2 is 2.15 bits per heavy atom. The van der Waals surface area contributed by atoms with Gasteiger partial charge in [0.25, 0.3) is 5.91 Å². The Morgan fingerprint density at radius 1 is 1.27 bits per heavy atom. The molecule has 1 atom stereocenters. The van der Waals surface area contributed by atoms with Crippen LogP contribution in [0, 0.1) is 0 Å². The van der Waals surface area contributed by atoms with Crippen LogP contribution in [-0.2, 0) is 4.74 Å². The van der Waals surface area contributed by atoms with Gasteiger partial charge in [-0.15, -0.1) is 0 Å². The van der Waals surface area contributed by atoms with E-state index in [2.05, 4.69) is 26.3 Å². The number of hydrogen-bond donors (Lipinski definition) is 2. The second kappa shape index (κ2) is 7.68. The fourth-order valence-corrected chi connectivity index (χ4v) is 3.40. The highest BCUT2D eigenvalue weighted by Crippen LogP contribution is 2.21. The van der Waals surface area contributed by atoms with Gasteiger partial charge in [-0.2, -0.15) is 0 Å². The van der Waals surface area contributed by atoms with Gasteiger partial charge in [-0.3, -0.25) is 14.7 Å². The molecule has 0 spiro atoms. The van der Waals surface area contributed by atoms with Crippen molar-refractivity contribution in [3.63, 3.8) is 0 Å². The van der Waals surface area contributed by atoms with Crippen LogP contribution < -0.4 is 5.32 Å². The molecular formula is C20H22N4O2. The first-order valence-corrected chi connectivity index (χ1v) is 8.88. The number of aromatic nitrogens is 2. The van der Waals surface area contributed by atoms with Crippen LogP contribution in [0.1, 0.15) is 22.0 Å². The summed E-state index contributed by atoms with van der Waals surface area (Å²) in [6, 6.07) is 11.8. The lowest BCUT2D eigenvalue weighted by atomic mass is 10.1. The standard InChI is InChI=1S/C20H22N4O2/c25-20(16-4-3-15-5-7-22-18(15)12-16)23-14-19(17-2-1-6-21-13-17)24-8-10-26-11-9-24/h1-7,12-13,19,22H,8-11,14H2,(H,23,25)/t19-/m0/s1. The van der Waals surface area contributed by atoms with Crippen molar-refractivity contribution in [1.82, 2.24) is 20.2 Å².